The maximum Gasteiger partial charge on any atom is 0.264 e. The van der Waals surface area contributed by atoms with Crippen LogP contribution in [0.3, 0.4) is 0 Å². The number of amides is 1. The average molecular weight is 424 g/mol. The average Bonchev–Trinajstić information content (AvgIpc) is 3.40. The molecule has 4 rings (SSSR count). The number of hydrogen-bond acceptors (Lipinski definition) is 7. The van der Waals surface area contributed by atoms with E-state index in [1.165, 1.54) is 17.7 Å². The molecule has 1 atom stereocenters. The van der Waals surface area contributed by atoms with E-state index in [0.29, 0.717) is 11.4 Å². The minimum atomic E-state index is 0.00192. The lowest BCUT2D eigenvalue weighted by Crippen LogP contribution is -2.29. The zero-order chi connectivity index (χ0) is 20.4. The van der Waals surface area contributed by atoms with Crippen molar-refractivity contribution < 1.29 is 4.79 Å². The molecule has 0 aromatic carbocycles. The highest BCUT2D eigenvalue weighted by atomic mass is 32.1. The molecule has 29 heavy (non-hydrogen) atoms. The van der Waals surface area contributed by atoms with Crippen LogP contribution in [0.5, 0.6) is 0 Å². The Balaban J connectivity index is 1.62. The van der Waals surface area contributed by atoms with Crippen LogP contribution >= 0.6 is 22.7 Å². The second-order valence-corrected chi connectivity index (χ2v) is 8.72. The fraction of sp³-hybridized carbons (Fsp3) is 0.238. The SMILES string of the molecule is Cc1c(C(=O)N(C)[C@@H](C)c2cccs2)sc2ncnc(NCc3ccccn3)c12. The van der Waals surface area contributed by atoms with E-state index in [1.54, 1.807) is 22.4 Å². The van der Waals surface area contributed by atoms with Crippen molar-refractivity contribution in [2.24, 2.45) is 0 Å². The molecular weight excluding hydrogens is 402 g/mol. The Morgan fingerprint density at radius 3 is 2.79 bits per heavy atom. The molecule has 0 saturated heterocycles. The number of anilines is 1. The number of nitrogens with zero attached hydrogens (tertiary/aromatic N) is 4. The van der Waals surface area contributed by atoms with Crippen molar-refractivity contribution in [3.8, 4) is 0 Å². The molecule has 0 bridgehead atoms. The van der Waals surface area contributed by atoms with Crippen LogP contribution in [0, 0.1) is 6.92 Å². The Kier molecular flexibility index (Phi) is 5.55. The summed E-state index contributed by atoms with van der Waals surface area (Å²) < 4.78 is 0. The van der Waals surface area contributed by atoms with Crippen molar-refractivity contribution in [3.05, 3.63) is 69.2 Å². The Labute approximate surface area is 177 Å². The fourth-order valence-corrected chi connectivity index (χ4v) is 5.10. The maximum absolute atomic E-state index is 13.2. The molecule has 8 heteroatoms. The van der Waals surface area contributed by atoms with Gasteiger partial charge >= 0.3 is 0 Å². The molecule has 0 aliphatic carbocycles. The lowest BCUT2D eigenvalue weighted by atomic mass is 10.1. The van der Waals surface area contributed by atoms with Gasteiger partial charge in [-0.05, 0) is 43.0 Å². The first kappa shape index (κ1) is 19.5. The topological polar surface area (TPSA) is 71.0 Å². The van der Waals surface area contributed by atoms with Gasteiger partial charge in [-0.15, -0.1) is 22.7 Å². The van der Waals surface area contributed by atoms with E-state index in [2.05, 4.69) is 26.3 Å². The number of fused-ring (bicyclic) bond motifs is 1. The summed E-state index contributed by atoms with van der Waals surface area (Å²) in [7, 11) is 1.85. The van der Waals surface area contributed by atoms with Crippen LogP contribution in [0.25, 0.3) is 10.2 Å². The number of aryl methyl sites for hydroxylation is 1. The molecule has 4 aromatic heterocycles. The molecule has 4 aromatic rings. The van der Waals surface area contributed by atoms with Gasteiger partial charge in [-0.25, -0.2) is 9.97 Å². The molecule has 1 amide bonds. The van der Waals surface area contributed by atoms with Gasteiger partial charge in [0.25, 0.3) is 5.91 Å². The zero-order valence-corrected chi connectivity index (χ0v) is 18.0. The second kappa shape index (κ2) is 8.26. The van der Waals surface area contributed by atoms with E-state index < -0.39 is 0 Å². The molecule has 0 aliphatic heterocycles. The normalized spacial score (nSPS) is 12.1. The molecular formula is C21H21N5OS2. The fourth-order valence-electron chi connectivity index (χ4n) is 3.14. The lowest BCUT2D eigenvalue weighted by molar-refractivity contribution is 0.0749. The van der Waals surface area contributed by atoms with Crippen LogP contribution in [0.1, 0.15) is 38.8 Å². The Hall–Kier alpha value is -2.84. The standard InChI is InChI=1S/C21H21N5OS2/c1-13-17-19(23-11-15-7-4-5-9-22-15)24-12-25-20(17)29-18(13)21(27)26(3)14(2)16-8-6-10-28-16/h4-10,12,14H,11H2,1-3H3,(H,23,24,25)/t14-/m0/s1. The number of pyridine rings is 1. The van der Waals surface area contributed by atoms with Crippen molar-refractivity contribution in [1.82, 2.24) is 19.9 Å². The van der Waals surface area contributed by atoms with Gasteiger partial charge in [0.15, 0.2) is 0 Å². The van der Waals surface area contributed by atoms with Crippen LogP contribution in [0.15, 0.2) is 48.2 Å². The van der Waals surface area contributed by atoms with Crippen molar-refractivity contribution in [2.45, 2.75) is 26.4 Å². The van der Waals surface area contributed by atoms with Crippen LogP contribution in [-0.2, 0) is 6.54 Å². The predicted octanol–water partition coefficient (Wildman–Crippen LogP) is 4.90. The summed E-state index contributed by atoms with van der Waals surface area (Å²) in [5.41, 5.74) is 1.83. The monoisotopic (exact) mass is 423 g/mol. The summed E-state index contributed by atoms with van der Waals surface area (Å²) >= 11 is 3.08. The van der Waals surface area contributed by atoms with Gasteiger partial charge in [0.1, 0.15) is 17.0 Å². The van der Waals surface area contributed by atoms with E-state index in [4.69, 9.17) is 0 Å². The van der Waals surface area contributed by atoms with E-state index in [-0.39, 0.29) is 11.9 Å². The largest absolute Gasteiger partial charge is 0.364 e. The molecule has 0 spiro atoms. The summed E-state index contributed by atoms with van der Waals surface area (Å²) in [6.07, 6.45) is 3.30. The van der Waals surface area contributed by atoms with E-state index in [1.807, 2.05) is 50.5 Å². The smallest absolute Gasteiger partial charge is 0.264 e. The predicted molar refractivity (Wildman–Crippen MR) is 119 cm³/mol. The highest BCUT2D eigenvalue weighted by Crippen LogP contribution is 2.35. The third-order valence-corrected chi connectivity index (χ3v) is 7.17. The Bertz CT molecular complexity index is 1120. The maximum atomic E-state index is 13.2. The molecule has 0 fully saturated rings. The third kappa shape index (κ3) is 3.86. The van der Waals surface area contributed by atoms with Crippen LogP contribution in [-0.4, -0.2) is 32.8 Å². The first-order valence-corrected chi connectivity index (χ1v) is 10.9. The minimum Gasteiger partial charge on any atom is -0.364 e. The molecule has 0 unspecified atom stereocenters. The van der Waals surface area contributed by atoms with Gasteiger partial charge in [-0.3, -0.25) is 9.78 Å². The summed E-state index contributed by atoms with van der Waals surface area (Å²) in [5, 5.41) is 6.27. The first-order valence-electron chi connectivity index (χ1n) is 9.24. The Morgan fingerprint density at radius 1 is 1.21 bits per heavy atom. The number of rotatable bonds is 6. The van der Waals surface area contributed by atoms with Crippen molar-refractivity contribution in [2.75, 3.05) is 12.4 Å². The van der Waals surface area contributed by atoms with Gasteiger partial charge in [-0.1, -0.05) is 12.1 Å². The van der Waals surface area contributed by atoms with E-state index in [0.717, 1.165) is 32.2 Å². The summed E-state index contributed by atoms with van der Waals surface area (Å²) in [4.78, 5) is 30.8. The number of aromatic nitrogens is 3. The number of carbonyl (C=O) groups is 1. The van der Waals surface area contributed by atoms with Crippen molar-refractivity contribution in [1.29, 1.82) is 0 Å². The summed E-state index contributed by atoms with van der Waals surface area (Å²) in [6, 6.07) is 9.89. The molecule has 6 nitrogen and oxygen atoms in total. The minimum absolute atomic E-state index is 0.00192. The molecule has 0 radical (unpaired) electrons. The summed E-state index contributed by atoms with van der Waals surface area (Å²) in [5.74, 6) is 0.726. The van der Waals surface area contributed by atoms with Gasteiger partial charge in [0.2, 0.25) is 0 Å². The van der Waals surface area contributed by atoms with Gasteiger partial charge in [0.05, 0.1) is 28.5 Å². The van der Waals surface area contributed by atoms with Gasteiger partial charge in [-0.2, -0.15) is 0 Å². The van der Waals surface area contributed by atoms with Crippen LogP contribution < -0.4 is 5.32 Å². The highest BCUT2D eigenvalue weighted by molar-refractivity contribution is 7.20. The van der Waals surface area contributed by atoms with Crippen LogP contribution in [0.2, 0.25) is 0 Å². The highest BCUT2D eigenvalue weighted by Gasteiger charge is 2.25. The number of hydrogen-bond donors (Lipinski definition) is 1. The molecule has 4 heterocycles. The van der Waals surface area contributed by atoms with Crippen molar-refractivity contribution in [3.63, 3.8) is 0 Å². The summed E-state index contributed by atoms with van der Waals surface area (Å²) in [6.45, 7) is 4.57. The Morgan fingerprint density at radius 2 is 2.07 bits per heavy atom. The van der Waals surface area contributed by atoms with Crippen molar-refractivity contribution >= 4 is 44.6 Å². The lowest BCUT2D eigenvalue weighted by Gasteiger charge is -2.23. The van der Waals surface area contributed by atoms with E-state index in [9.17, 15) is 4.79 Å². The molecule has 0 aliphatic rings. The third-order valence-electron chi connectivity index (χ3n) is 4.94. The van der Waals surface area contributed by atoms with E-state index >= 15 is 0 Å². The quantitative estimate of drug-likeness (QED) is 0.477. The first-order chi connectivity index (χ1) is 14.1. The van der Waals surface area contributed by atoms with Gasteiger partial charge in [0, 0.05) is 18.1 Å². The number of nitrogens with one attached hydrogen (secondary N) is 1. The molecule has 1 N–H and O–H groups in total. The number of thiophene rings is 2. The molecule has 0 saturated carbocycles. The van der Waals surface area contributed by atoms with Crippen LogP contribution in [0.4, 0.5) is 5.82 Å². The second-order valence-electron chi connectivity index (χ2n) is 6.74. The zero-order valence-electron chi connectivity index (χ0n) is 16.4. The number of carbonyl (C=O) groups excluding carboxylic acids is 1. The molecule has 148 valence electrons. The van der Waals surface area contributed by atoms with Gasteiger partial charge < -0.3 is 10.2 Å².